The topological polar surface area (TPSA) is 61.2 Å². The lowest BCUT2D eigenvalue weighted by molar-refractivity contribution is 0.0524. The molecular formula is C18H14ClFN2O3. The molecule has 1 saturated carbocycles. The number of aromatic nitrogens is 2. The molecule has 0 N–H and O–H groups in total. The number of benzene rings is 1. The molecule has 25 heavy (non-hydrogen) atoms. The minimum Gasteiger partial charge on any atom is -0.462 e. The van der Waals surface area contributed by atoms with Gasteiger partial charge in [-0.05, 0) is 38.0 Å². The normalized spacial score (nSPS) is 14.2. The number of halogens is 2. The maximum atomic E-state index is 13.8. The van der Waals surface area contributed by atoms with Crippen LogP contribution in [0.2, 0.25) is 5.02 Å². The largest absolute Gasteiger partial charge is 0.462 e. The van der Waals surface area contributed by atoms with E-state index in [0.717, 1.165) is 12.8 Å². The summed E-state index contributed by atoms with van der Waals surface area (Å²) in [6, 6.07) is 4.42. The van der Waals surface area contributed by atoms with Gasteiger partial charge in [-0.3, -0.25) is 4.79 Å². The van der Waals surface area contributed by atoms with Crippen molar-refractivity contribution in [1.29, 1.82) is 0 Å². The number of rotatable bonds is 3. The maximum absolute atomic E-state index is 13.8. The van der Waals surface area contributed by atoms with E-state index >= 15 is 0 Å². The van der Waals surface area contributed by atoms with Gasteiger partial charge in [-0.1, -0.05) is 11.6 Å². The number of nitrogens with zero attached hydrogens (tertiary/aromatic N) is 2. The number of carbonyl (C=O) groups is 1. The van der Waals surface area contributed by atoms with Gasteiger partial charge >= 0.3 is 5.97 Å². The summed E-state index contributed by atoms with van der Waals surface area (Å²) in [6.07, 6.45) is 3.42. The molecule has 0 spiro atoms. The number of pyridine rings is 2. The molecule has 0 unspecified atom stereocenters. The van der Waals surface area contributed by atoms with Gasteiger partial charge in [0.2, 0.25) is 5.43 Å². The van der Waals surface area contributed by atoms with Gasteiger partial charge in [-0.2, -0.15) is 0 Å². The highest BCUT2D eigenvalue weighted by atomic mass is 35.5. The second-order valence-electron chi connectivity index (χ2n) is 6.05. The van der Waals surface area contributed by atoms with Crippen LogP contribution in [0.5, 0.6) is 0 Å². The van der Waals surface area contributed by atoms with Gasteiger partial charge in [0.15, 0.2) is 0 Å². The zero-order valence-electron chi connectivity index (χ0n) is 13.4. The fourth-order valence-corrected chi connectivity index (χ4v) is 3.07. The predicted octanol–water partition coefficient (Wildman–Crippen LogP) is 3.85. The van der Waals surface area contributed by atoms with Crippen molar-refractivity contribution in [2.75, 3.05) is 6.61 Å². The first-order chi connectivity index (χ1) is 12.0. The summed E-state index contributed by atoms with van der Waals surface area (Å²) in [6.45, 7) is 1.86. The quantitative estimate of drug-likeness (QED) is 0.525. The average molecular weight is 361 g/mol. The van der Waals surface area contributed by atoms with E-state index in [9.17, 15) is 14.0 Å². The zero-order valence-corrected chi connectivity index (χ0v) is 14.1. The number of fused-ring (bicyclic) bond motifs is 2. The van der Waals surface area contributed by atoms with E-state index < -0.39 is 17.2 Å². The zero-order chi connectivity index (χ0) is 17.7. The first-order valence-electron chi connectivity index (χ1n) is 8.01. The number of ether oxygens (including phenoxy) is 1. The Hall–Kier alpha value is -2.47. The average Bonchev–Trinajstić information content (AvgIpc) is 3.40. The van der Waals surface area contributed by atoms with E-state index in [2.05, 4.69) is 4.98 Å². The van der Waals surface area contributed by atoms with Gasteiger partial charge in [-0.25, -0.2) is 14.2 Å². The Morgan fingerprint density at radius 3 is 2.84 bits per heavy atom. The standard InChI is InChI=1S/C18H14ClFN2O3/c1-2-25-18(24)12-8-22(10-3-4-10)17-11(16(12)23)5-9-6-14(20)13(19)7-15(9)21-17/h5-8,10H,2-4H2,1H3. The Labute approximate surface area is 147 Å². The smallest absolute Gasteiger partial charge is 0.343 e. The van der Waals surface area contributed by atoms with Crippen molar-refractivity contribution >= 4 is 39.5 Å². The highest BCUT2D eigenvalue weighted by Gasteiger charge is 2.28. The maximum Gasteiger partial charge on any atom is 0.343 e. The minimum absolute atomic E-state index is 0.0252. The Morgan fingerprint density at radius 2 is 2.16 bits per heavy atom. The second kappa shape index (κ2) is 5.81. The molecule has 0 radical (unpaired) electrons. The van der Waals surface area contributed by atoms with Crippen molar-refractivity contribution in [2.45, 2.75) is 25.8 Å². The third kappa shape index (κ3) is 2.66. The third-order valence-corrected chi connectivity index (χ3v) is 4.56. The van der Waals surface area contributed by atoms with Crippen LogP contribution >= 0.6 is 11.6 Å². The Balaban J connectivity index is 2.07. The first kappa shape index (κ1) is 16.0. The number of carbonyl (C=O) groups excluding carboxylic acids is 1. The molecule has 1 aliphatic carbocycles. The summed E-state index contributed by atoms with van der Waals surface area (Å²) in [5.74, 6) is -1.24. The van der Waals surface area contributed by atoms with Gasteiger partial charge in [0.1, 0.15) is 17.0 Å². The second-order valence-corrected chi connectivity index (χ2v) is 6.46. The molecule has 0 saturated heterocycles. The number of esters is 1. The molecule has 5 nitrogen and oxygen atoms in total. The lowest BCUT2D eigenvalue weighted by Gasteiger charge is -2.12. The molecule has 3 aromatic rings. The van der Waals surface area contributed by atoms with E-state index in [1.165, 1.54) is 18.3 Å². The molecule has 0 amide bonds. The van der Waals surface area contributed by atoms with Crippen LogP contribution in [0.4, 0.5) is 4.39 Å². The molecule has 1 fully saturated rings. The number of hydrogen-bond acceptors (Lipinski definition) is 4. The molecular weight excluding hydrogens is 347 g/mol. The Bertz CT molecular complexity index is 1090. The highest BCUT2D eigenvalue weighted by molar-refractivity contribution is 6.31. The molecule has 4 rings (SSSR count). The fourth-order valence-electron chi connectivity index (χ4n) is 2.91. The van der Waals surface area contributed by atoms with Gasteiger partial charge in [0.05, 0.1) is 22.5 Å². The van der Waals surface area contributed by atoms with E-state index in [1.807, 2.05) is 4.57 Å². The minimum atomic E-state index is -0.661. The van der Waals surface area contributed by atoms with Crippen molar-refractivity contribution < 1.29 is 13.9 Å². The summed E-state index contributed by atoms with van der Waals surface area (Å²) in [5, 5.41) is 0.698. The van der Waals surface area contributed by atoms with Crippen molar-refractivity contribution in [3.05, 3.63) is 51.0 Å². The van der Waals surface area contributed by atoms with Crippen LogP contribution in [0.15, 0.2) is 29.2 Å². The molecule has 0 aliphatic heterocycles. The number of hydrogen-bond donors (Lipinski definition) is 0. The molecule has 2 heterocycles. The van der Waals surface area contributed by atoms with E-state index in [4.69, 9.17) is 16.3 Å². The first-order valence-corrected chi connectivity index (χ1v) is 8.39. The van der Waals surface area contributed by atoms with Crippen LogP contribution in [-0.4, -0.2) is 22.1 Å². The molecule has 1 aromatic carbocycles. The molecule has 1 aliphatic rings. The van der Waals surface area contributed by atoms with Crippen molar-refractivity contribution in [3.8, 4) is 0 Å². The van der Waals surface area contributed by atoms with E-state index in [-0.39, 0.29) is 28.6 Å². The fraction of sp³-hybridized carbons (Fsp3) is 0.278. The van der Waals surface area contributed by atoms with Crippen molar-refractivity contribution in [3.63, 3.8) is 0 Å². The van der Waals surface area contributed by atoms with Crippen LogP contribution in [0, 0.1) is 5.82 Å². The molecule has 2 aromatic heterocycles. The summed E-state index contributed by atoms with van der Waals surface area (Å²) in [4.78, 5) is 29.4. The summed E-state index contributed by atoms with van der Waals surface area (Å²) in [5.41, 5.74) is 0.472. The molecule has 0 atom stereocenters. The van der Waals surface area contributed by atoms with Crippen LogP contribution in [-0.2, 0) is 4.74 Å². The lowest BCUT2D eigenvalue weighted by atomic mass is 10.1. The monoisotopic (exact) mass is 360 g/mol. The van der Waals surface area contributed by atoms with E-state index in [0.29, 0.717) is 16.6 Å². The molecule has 128 valence electrons. The van der Waals surface area contributed by atoms with Gasteiger partial charge in [0.25, 0.3) is 0 Å². The summed E-state index contributed by atoms with van der Waals surface area (Å²) in [7, 11) is 0. The van der Waals surface area contributed by atoms with Crippen molar-refractivity contribution in [1.82, 2.24) is 9.55 Å². The van der Waals surface area contributed by atoms with Crippen LogP contribution < -0.4 is 5.43 Å². The lowest BCUT2D eigenvalue weighted by Crippen LogP contribution is -2.21. The molecule has 0 bridgehead atoms. The Morgan fingerprint density at radius 1 is 1.40 bits per heavy atom. The van der Waals surface area contributed by atoms with Gasteiger partial charge < -0.3 is 9.30 Å². The van der Waals surface area contributed by atoms with Crippen LogP contribution in [0.1, 0.15) is 36.2 Å². The van der Waals surface area contributed by atoms with Gasteiger partial charge in [-0.15, -0.1) is 0 Å². The van der Waals surface area contributed by atoms with Crippen LogP contribution in [0.25, 0.3) is 21.9 Å². The van der Waals surface area contributed by atoms with E-state index in [1.54, 1.807) is 13.0 Å². The SMILES string of the molecule is CCOC(=O)c1cn(C2CC2)c2nc3cc(Cl)c(F)cc3cc2c1=O. The van der Waals surface area contributed by atoms with Crippen molar-refractivity contribution in [2.24, 2.45) is 0 Å². The van der Waals surface area contributed by atoms with Gasteiger partial charge in [0, 0.05) is 17.6 Å². The third-order valence-electron chi connectivity index (χ3n) is 4.27. The van der Waals surface area contributed by atoms with Crippen LogP contribution in [0.3, 0.4) is 0 Å². The predicted molar refractivity (Wildman–Crippen MR) is 92.7 cm³/mol. The summed E-state index contributed by atoms with van der Waals surface area (Å²) < 4.78 is 20.6. The summed E-state index contributed by atoms with van der Waals surface area (Å²) >= 11 is 5.84. The Kier molecular flexibility index (Phi) is 3.72. The highest BCUT2D eigenvalue weighted by Crippen LogP contribution is 2.37. The molecule has 7 heteroatoms.